The molecule has 1 aromatic heterocycles. The van der Waals surface area contributed by atoms with Crippen LogP contribution in [0.1, 0.15) is 18.5 Å². The van der Waals surface area contributed by atoms with Crippen molar-refractivity contribution in [2.24, 2.45) is 0 Å². The number of pyridine rings is 1. The molecule has 4 nitrogen and oxygen atoms in total. The minimum atomic E-state index is -0.110. The van der Waals surface area contributed by atoms with Crippen LogP contribution < -0.4 is 10.1 Å². The van der Waals surface area contributed by atoms with Gasteiger partial charge in [-0.1, -0.05) is 6.07 Å². The highest BCUT2D eigenvalue weighted by molar-refractivity contribution is 5.15. The van der Waals surface area contributed by atoms with E-state index in [2.05, 4.69) is 10.3 Å². The van der Waals surface area contributed by atoms with Crippen LogP contribution in [-0.2, 0) is 6.54 Å². The van der Waals surface area contributed by atoms with Crippen LogP contribution in [0, 0.1) is 0 Å². The molecule has 15 heavy (non-hydrogen) atoms. The number of hydrogen-bond donors (Lipinski definition) is 2. The van der Waals surface area contributed by atoms with Crippen LogP contribution in [0.3, 0.4) is 0 Å². The van der Waals surface area contributed by atoms with Crippen LogP contribution in [0.25, 0.3) is 0 Å². The van der Waals surface area contributed by atoms with Crippen LogP contribution >= 0.6 is 0 Å². The second kappa shape index (κ2) is 4.59. The number of aliphatic hydroxyl groups is 1. The number of ether oxygens (including phenoxy) is 1. The van der Waals surface area contributed by atoms with E-state index in [4.69, 9.17) is 9.84 Å². The zero-order chi connectivity index (χ0) is 10.7. The molecule has 2 rings (SSSR count). The molecule has 1 heterocycles. The highest BCUT2D eigenvalue weighted by atomic mass is 16.5. The van der Waals surface area contributed by atoms with Crippen molar-refractivity contribution in [1.82, 2.24) is 10.3 Å². The van der Waals surface area contributed by atoms with Crippen LogP contribution in [0.2, 0.25) is 0 Å². The number of aromatic nitrogens is 1. The molecule has 82 valence electrons. The zero-order valence-corrected chi connectivity index (χ0v) is 8.81. The third-order valence-corrected chi connectivity index (χ3v) is 2.68. The van der Waals surface area contributed by atoms with Crippen molar-refractivity contribution >= 4 is 0 Å². The molecule has 0 atom stereocenters. The summed E-state index contributed by atoms with van der Waals surface area (Å²) in [6.07, 6.45) is 1.59. The number of methoxy groups -OCH3 is 1. The number of hydrogen-bond acceptors (Lipinski definition) is 4. The summed E-state index contributed by atoms with van der Waals surface area (Å²) in [5, 5.41) is 12.5. The Morgan fingerprint density at radius 3 is 3.00 bits per heavy atom. The van der Waals surface area contributed by atoms with Gasteiger partial charge in [0.25, 0.3) is 0 Å². The fourth-order valence-corrected chi connectivity index (χ4v) is 1.67. The highest BCUT2D eigenvalue weighted by Gasteiger charge is 2.26. The van der Waals surface area contributed by atoms with Gasteiger partial charge in [-0.2, -0.15) is 0 Å². The van der Waals surface area contributed by atoms with E-state index in [-0.39, 0.29) is 6.10 Å². The van der Waals surface area contributed by atoms with E-state index >= 15 is 0 Å². The molecule has 1 aliphatic rings. The van der Waals surface area contributed by atoms with E-state index in [1.54, 1.807) is 7.11 Å². The standard InChI is InChI=1S/C11H16N2O2/c1-15-11-4-2-3-8(13-11)7-12-9-5-10(14)6-9/h2-4,9-10,12,14H,5-7H2,1H3. The molecule has 4 heteroatoms. The molecule has 1 aromatic rings. The van der Waals surface area contributed by atoms with Crippen LogP contribution in [0.5, 0.6) is 5.88 Å². The van der Waals surface area contributed by atoms with Crippen LogP contribution in [-0.4, -0.2) is 29.3 Å². The van der Waals surface area contributed by atoms with E-state index in [9.17, 15) is 0 Å². The molecule has 0 aromatic carbocycles. The summed E-state index contributed by atoms with van der Waals surface area (Å²) in [4.78, 5) is 4.29. The number of aliphatic hydroxyl groups excluding tert-OH is 1. The Hall–Kier alpha value is -1.13. The Bertz CT molecular complexity index is 324. The first-order valence-corrected chi connectivity index (χ1v) is 5.19. The van der Waals surface area contributed by atoms with Crippen molar-refractivity contribution in [3.05, 3.63) is 23.9 Å². The van der Waals surface area contributed by atoms with Gasteiger partial charge in [-0.3, -0.25) is 0 Å². The summed E-state index contributed by atoms with van der Waals surface area (Å²) in [6, 6.07) is 6.16. The average Bonchev–Trinajstić information content (AvgIpc) is 2.23. The van der Waals surface area contributed by atoms with Gasteiger partial charge in [-0.15, -0.1) is 0 Å². The van der Waals surface area contributed by atoms with E-state index in [1.165, 1.54) is 0 Å². The smallest absolute Gasteiger partial charge is 0.213 e. The first kappa shape index (κ1) is 10.4. The molecular weight excluding hydrogens is 192 g/mol. The largest absolute Gasteiger partial charge is 0.481 e. The lowest BCUT2D eigenvalue weighted by Crippen LogP contribution is -2.43. The van der Waals surface area contributed by atoms with E-state index in [0.717, 1.165) is 25.1 Å². The van der Waals surface area contributed by atoms with Gasteiger partial charge in [0.2, 0.25) is 5.88 Å². The van der Waals surface area contributed by atoms with E-state index < -0.39 is 0 Å². The number of rotatable bonds is 4. The van der Waals surface area contributed by atoms with Gasteiger partial charge in [-0.05, 0) is 18.9 Å². The summed E-state index contributed by atoms with van der Waals surface area (Å²) in [5.41, 5.74) is 0.968. The van der Waals surface area contributed by atoms with Gasteiger partial charge < -0.3 is 15.2 Å². The topological polar surface area (TPSA) is 54.4 Å². The summed E-state index contributed by atoms with van der Waals surface area (Å²) in [7, 11) is 1.61. The predicted octanol–water partition coefficient (Wildman–Crippen LogP) is 0.703. The van der Waals surface area contributed by atoms with E-state index in [0.29, 0.717) is 11.9 Å². The molecule has 1 fully saturated rings. The minimum Gasteiger partial charge on any atom is -0.481 e. The summed E-state index contributed by atoms with van der Waals surface area (Å²) < 4.78 is 5.04. The molecule has 0 radical (unpaired) electrons. The first-order chi connectivity index (χ1) is 7.28. The van der Waals surface area contributed by atoms with Gasteiger partial charge in [0.05, 0.1) is 18.9 Å². The molecule has 0 bridgehead atoms. The van der Waals surface area contributed by atoms with Crippen LogP contribution in [0.15, 0.2) is 18.2 Å². The molecule has 0 saturated heterocycles. The SMILES string of the molecule is COc1cccc(CNC2CC(O)C2)n1. The molecule has 1 aliphatic carbocycles. The minimum absolute atomic E-state index is 0.110. The second-order valence-electron chi connectivity index (χ2n) is 3.87. The summed E-state index contributed by atoms with van der Waals surface area (Å²) in [5.74, 6) is 0.642. The monoisotopic (exact) mass is 208 g/mol. The Kier molecular flexibility index (Phi) is 3.18. The fraction of sp³-hybridized carbons (Fsp3) is 0.545. The third kappa shape index (κ3) is 2.67. The number of nitrogens with zero attached hydrogens (tertiary/aromatic N) is 1. The fourth-order valence-electron chi connectivity index (χ4n) is 1.67. The predicted molar refractivity (Wildman–Crippen MR) is 56.7 cm³/mol. The van der Waals surface area contributed by atoms with Crippen molar-refractivity contribution in [2.75, 3.05) is 7.11 Å². The summed E-state index contributed by atoms with van der Waals surface area (Å²) >= 11 is 0. The first-order valence-electron chi connectivity index (χ1n) is 5.19. The Morgan fingerprint density at radius 1 is 1.53 bits per heavy atom. The maximum Gasteiger partial charge on any atom is 0.213 e. The maximum absolute atomic E-state index is 9.12. The van der Waals surface area contributed by atoms with Crippen LogP contribution in [0.4, 0.5) is 0 Å². The van der Waals surface area contributed by atoms with Crippen molar-refractivity contribution in [2.45, 2.75) is 31.5 Å². The second-order valence-corrected chi connectivity index (χ2v) is 3.87. The molecular formula is C11H16N2O2. The molecule has 0 aliphatic heterocycles. The number of nitrogens with one attached hydrogen (secondary N) is 1. The summed E-state index contributed by atoms with van der Waals surface area (Å²) in [6.45, 7) is 0.731. The lowest BCUT2D eigenvalue weighted by Gasteiger charge is -2.32. The average molecular weight is 208 g/mol. The van der Waals surface area contributed by atoms with Gasteiger partial charge >= 0.3 is 0 Å². The molecule has 2 N–H and O–H groups in total. The lowest BCUT2D eigenvalue weighted by atomic mass is 9.89. The van der Waals surface area contributed by atoms with E-state index in [1.807, 2.05) is 18.2 Å². The van der Waals surface area contributed by atoms with Crippen molar-refractivity contribution < 1.29 is 9.84 Å². The molecule has 0 unspecified atom stereocenters. The molecule has 1 saturated carbocycles. The Labute approximate surface area is 89.3 Å². The Balaban J connectivity index is 1.82. The van der Waals surface area contributed by atoms with Gasteiger partial charge in [-0.25, -0.2) is 4.98 Å². The normalized spacial score (nSPS) is 24.7. The lowest BCUT2D eigenvalue weighted by molar-refractivity contribution is 0.0618. The molecule has 0 spiro atoms. The third-order valence-electron chi connectivity index (χ3n) is 2.68. The van der Waals surface area contributed by atoms with Crippen molar-refractivity contribution in [1.29, 1.82) is 0 Å². The quantitative estimate of drug-likeness (QED) is 0.765. The molecule has 0 amide bonds. The van der Waals surface area contributed by atoms with Gasteiger partial charge in [0, 0.05) is 18.7 Å². The van der Waals surface area contributed by atoms with Crippen molar-refractivity contribution in [3.8, 4) is 5.88 Å². The van der Waals surface area contributed by atoms with Gasteiger partial charge in [0.1, 0.15) is 0 Å². The van der Waals surface area contributed by atoms with Crippen molar-refractivity contribution in [3.63, 3.8) is 0 Å². The van der Waals surface area contributed by atoms with Gasteiger partial charge in [0.15, 0.2) is 0 Å². The Morgan fingerprint density at radius 2 is 2.33 bits per heavy atom. The zero-order valence-electron chi connectivity index (χ0n) is 8.81. The maximum atomic E-state index is 9.12. The highest BCUT2D eigenvalue weighted by Crippen LogP contribution is 2.19.